The van der Waals surface area contributed by atoms with Crippen LogP contribution in [0.2, 0.25) is 0 Å². The summed E-state index contributed by atoms with van der Waals surface area (Å²) in [4.78, 5) is 4.19. The highest BCUT2D eigenvalue weighted by molar-refractivity contribution is 5.20. The molecule has 3 rings (SSSR count). The molecule has 1 aliphatic heterocycles. The lowest BCUT2D eigenvalue weighted by Gasteiger charge is -2.33. The van der Waals surface area contributed by atoms with Gasteiger partial charge in [0, 0.05) is 25.5 Å². The molecule has 0 radical (unpaired) electrons. The average molecular weight is 274 g/mol. The molecule has 3 heteroatoms. The fourth-order valence-corrected chi connectivity index (χ4v) is 3.65. The van der Waals surface area contributed by atoms with Gasteiger partial charge in [0.05, 0.1) is 11.7 Å². The molecule has 2 heterocycles. The predicted molar refractivity (Wildman–Crippen MR) is 80.6 cm³/mol. The molecule has 20 heavy (non-hydrogen) atoms. The zero-order valence-electron chi connectivity index (χ0n) is 12.5. The Morgan fingerprint density at radius 3 is 2.95 bits per heavy atom. The van der Waals surface area contributed by atoms with Crippen molar-refractivity contribution in [2.75, 3.05) is 6.54 Å². The van der Waals surface area contributed by atoms with Crippen LogP contribution in [-0.4, -0.2) is 23.2 Å². The highest BCUT2D eigenvalue weighted by Crippen LogP contribution is 2.41. The largest absolute Gasteiger partial charge is 0.370 e. The van der Waals surface area contributed by atoms with Gasteiger partial charge in [-0.05, 0) is 49.8 Å². The van der Waals surface area contributed by atoms with Gasteiger partial charge in [-0.3, -0.25) is 4.98 Å². The van der Waals surface area contributed by atoms with Crippen molar-refractivity contribution >= 4 is 0 Å². The molecule has 2 aliphatic rings. The van der Waals surface area contributed by atoms with Gasteiger partial charge in [0.15, 0.2) is 0 Å². The molecule has 110 valence electrons. The van der Waals surface area contributed by atoms with E-state index >= 15 is 0 Å². The molecular formula is C17H26N2O. The fraction of sp³-hybridized carbons (Fsp3) is 0.706. The number of pyridine rings is 1. The summed E-state index contributed by atoms with van der Waals surface area (Å²) in [5, 5.41) is 3.54. The SMILES string of the molecule is Cc1ccncc1CNCC1CCC2(CCCCC2)O1. The zero-order valence-corrected chi connectivity index (χ0v) is 12.5. The number of rotatable bonds is 4. The number of nitrogens with one attached hydrogen (secondary N) is 1. The Morgan fingerprint density at radius 1 is 1.30 bits per heavy atom. The Balaban J connectivity index is 1.45. The van der Waals surface area contributed by atoms with Gasteiger partial charge in [-0.25, -0.2) is 0 Å². The monoisotopic (exact) mass is 274 g/mol. The van der Waals surface area contributed by atoms with Gasteiger partial charge in [-0.2, -0.15) is 0 Å². The highest BCUT2D eigenvalue weighted by Gasteiger charge is 2.40. The van der Waals surface area contributed by atoms with Crippen LogP contribution in [0.3, 0.4) is 0 Å². The number of hydrogen-bond donors (Lipinski definition) is 1. The number of aromatic nitrogens is 1. The lowest BCUT2D eigenvalue weighted by molar-refractivity contribution is -0.0624. The summed E-state index contributed by atoms with van der Waals surface area (Å²) >= 11 is 0. The standard InChI is InChI=1S/C17H26N2O/c1-14-6-10-18-11-15(14)12-19-13-16-5-9-17(20-16)7-3-2-4-8-17/h6,10-11,16,19H,2-5,7-9,12-13H2,1H3. The topological polar surface area (TPSA) is 34.2 Å². The summed E-state index contributed by atoms with van der Waals surface area (Å²) in [6.45, 7) is 4.00. The first-order valence-electron chi connectivity index (χ1n) is 8.05. The maximum Gasteiger partial charge on any atom is 0.0708 e. The molecule has 0 amide bonds. The number of hydrogen-bond acceptors (Lipinski definition) is 3. The summed E-state index contributed by atoms with van der Waals surface area (Å²) in [6.07, 6.45) is 13.4. The van der Waals surface area contributed by atoms with Crippen LogP contribution in [-0.2, 0) is 11.3 Å². The first kappa shape index (κ1) is 14.0. The molecule has 1 saturated carbocycles. The molecule has 1 saturated heterocycles. The van der Waals surface area contributed by atoms with Crippen LogP contribution in [0.1, 0.15) is 56.1 Å². The Bertz CT molecular complexity index is 440. The van der Waals surface area contributed by atoms with Crippen molar-refractivity contribution in [3.63, 3.8) is 0 Å². The van der Waals surface area contributed by atoms with Gasteiger partial charge in [0.1, 0.15) is 0 Å². The molecule has 0 aromatic carbocycles. The Labute approximate surface area is 122 Å². The molecule has 2 fully saturated rings. The van der Waals surface area contributed by atoms with Crippen molar-refractivity contribution in [3.8, 4) is 0 Å². The van der Waals surface area contributed by atoms with Crippen LogP contribution in [0.5, 0.6) is 0 Å². The molecule has 1 aromatic rings. The third-order valence-corrected chi connectivity index (χ3v) is 4.94. The Kier molecular flexibility index (Phi) is 4.37. The normalized spacial score (nSPS) is 25.1. The summed E-state index contributed by atoms with van der Waals surface area (Å²) < 4.78 is 6.38. The van der Waals surface area contributed by atoms with Crippen LogP contribution in [0.25, 0.3) is 0 Å². The third-order valence-electron chi connectivity index (χ3n) is 4.94. The average Bonchev–Trinajstić information content (AvgIpc) is 2.85. The fourth-order valence-electron chi connectivity index (χ4n) is 3.65. The van der Waals surface area contributed by atoms with Crippen LogP contribution in [0.15, 0.2) is 18.5 Å². The second kappa shape index (κ2) is 6.23. The first-order chi connectivity index (χ1) is 9.77. The van der Waals surface area contributed by atoms with E-state index in [2.05, 4.69) is 23.3 Å². The van der Waals surface area contributed by atoms with E-state index in [1.165, 1.54) is 56.1 Å². The number of nitrogens with zero attached hydrogens (tertiary/aromatic N) is 1. The minimum absolute atomic E-state index is 0.245. The van der Waals surface area contributed by atoms with Gasteiger partial charge in [0.25, 0.3) is 0 Å². The van der Waals surface area contributed by atoms with Crippen molar-refractivity contribution in [1.29, 1.82) is 0 Å². The summed E-state index contributed by atoms with van der Waals surface area (Å²) in [6, 6.07) is 2.07. The van der Waals surface area contributed by atoms with Gasteiger partial charge < -0.3 is 10.1 Å². The van der Waals surface area contributed by atoms with Crippen molar-refractivity contribution in [1.82, 2.24) is 10.3 Å². The molecule has 1 aromatic heterocycles. The molecule has 1 spiro atoms. The zero-order chi connectivity index (χ0) is 13.8. The summed E-state index contributed by atoms with van der Waals surface area (Å²) in [5.41, 5.74) is 2.84. The van der Waals surface area contributed by atoms with E-state index < -0.39 is 0 Å². The van der Waals surface area contributed by atoms with Crippen LogP contribution >= 0.6 is 0 Å². The molecule has 1 atom stereocenters. The van der Waals surface area contributed by atoms with Crippen molar-refractivity contribution in [2.45, 2.75) is 70.1 Å². The number of ether oxygens (including phenoxy) is 1. The number of aryl methyl sites for hydroxylation is 1. The van der Waals surface area contributed by atoms with E-state index in [1.807, 2.05) is 12.4 Å². The second-order valence-corrected chi connectivity index (χ2v) is 6.46. The lowest BCUT2D eigenvalue weighted by atomic mass is 9.83. The Morgan fingerprint density at radius 2 is 2.15 bits per heavy atom. The van der Waals surface area contributed by atoms with Crippen molar-refractivity contribution in [3.05, 3.63) is 29.6 Å². The lowest BCUT2D eigenvalue weighted by Crippen LogP contribution is -2.34. The highest BCUT2D eigenvalue weighted by atomic mass is 16.5. The maximum atomic E-state index is 6.38. The van der Waals surface area contributed by atoms with Gasteiger partial charge in [-0.15, -0.1) is 0 Å². The third kappa shape index (κ3) is 3.21. The molecule has 1 aliphatic carbocycles. The molecule has 0 bridgehead atoms. The quantitative estimate of drug-likeness (QED) is 0.914. The van der Waals surface area contributed by atoms with Gasteiger partial charge in [-0.1, -0.05) is 19.3 Å². The van der Waals surface area contributed by atoms with E-state index in [0.29, 0.717) is 6.10 Å². The molecule has 3 nitrogen and oxygen atoms in total. The second-order valence-electron chi connectivity index (χ2n) is 6.46. The Hall–Kier alpha value is -0.930. The van der Waals surface area contributed by atoms with Gasteiger partial charge in [0.2, 0.25) is 0 Å². The summed E-state index contributed by atoms with van der Waals surface area (Å²) in [5.74, 6) is 0. The summed E-state index contributed by atoms with van der Waals surface area (Å²) in [7, 11) is 0. The van der Waals surface area contributed by atoms with Crippen LogP contribution in [0, 0.1) is 6.92 Å². The van der Waals surface area contributed by atoms with E-state index in [-0.39, 0.29) is 5.60 Å². The van der Waals surface area contributed by atoms with Gasteiger partial charge >= 0.3 is 0 Å². The van der Waals surface area contributed by atoms with E-state index in [0.717, 1.165) is 13.1 Å². The minimum Gasteiger partial charge on any atom is -0.370 e. The predicted octanol–water partition coefficient (Wildman–Crippen LogP) is 3.36. The van der Waals surface area contributed by atoms with Crippen molar-refractivity contribution < 1.29 is 4.74 Å². The smallest absolute Gasteiger partial charge is 0.0708 e. The van der Waals surface area contributed by atoms with Crippen LogP contribution in [0.4, 0.5) is 0 Å². The van der Waals surface area contributed by atoms with Crippen LogP contribution < -0.4 is 5.32 Å². The minimum atomic E-state index is 0.245. The maximum absolute atomic E-state index is 6.38. The van der Waals surface area contributed by atoms with E-state index in [1.54, 1.807) is 0 Å². The van der Waals surface area contributed by atoms with E-state index in [4.69, 9.17) is 4.74 Å². The first-order valence-corrected chi connectivity index (χ1v) is 8.05. The van der Waals surface area contributed by atoms with E-state index in [9.17, 15) is 0 Å². The molecule has 1 unspecified atom stereocenters. The van der Waals surface area contributed by atoms with Crippen molar-refractivity contribution in [2.24, 2.45) is 0 Å². The molecular weight excluding hydrogens is 248 g/mol. The molecule has 1 N–H and O–H groups in total.